The lowest BCUT2D eigenvalue weighted by atomic mass is 9.87. The molecular weight excluding hydrogens is 212 g/mol. The molecule has 3 N–H and O–H groups in total. The first kappa shape index (κ1) is 14.0. The Morgan fingerprint density at radius 1 is 1.29 bits per heavy atom. The van der Waals surface area contributed by atoms with Crippen LogP contribution in [0.2, 0.25) is 0 Å². The Morgan fingerprint density at radius 3 is 2.53 bits per heavy atom. The molecule has 1 rings (SSSR count). The number of hydrogen-bond donors (Lipinski definition) is 2. The summed E-state index contributed by atoms with van der Waals surface area (Å²) in [5, 5.41) is 0. The number of hydrogen-bond acceptors (Lipinski definition) is 3. The lowest BCUT2D eigenvalue weighted by molar-refractivity contribution is 0.299. The number of benzene rings is 1. The Morgan fingerprint density at radius 2 is 2.00 bits per heavy atom. The van der Waals surface area contributed by atoms with Crippen LogP contribution in [0.3, 0.4) is 0 Å². The van der Waals surface area contributed by atoms with Gasteiger partial charge in [0.05, 0.1) is 7.11 Å². The summed E-state index contributed by atoms with van der Waals surface area (Å²) in [4.78, 5) is 0. The molecule has 0 saturated carbocycles. The number of nitrogens with one attached hydrogen (secondary N) is 1. The van der Waals surface area contributed by atoms with E-state index in [0.29, 0.717) is 17.9 Å². The van der Waals surface area contributed by atoms with Gasteiger partial charge in [-0.05, 0) is 36.0 Å². The van der Waals surface area contributed by atoms with Gasteiger partial charge in [0.15, 0.2) is 0 Å². The molecule has 0 radical (unpaired) electrons. The van der Waals surface area contributed by atoms with Crippen LogP contribution in [-0.2, 0) is 6.42 Å². The summed E-state index contributed by atoms with van der Waals surface area (Å²) in [6.45, 7) is 6.68. The van der Waals surface area contributed by atoms with E-state index in [4.69, 9.17) is 10.6 Å². The van der Waals surface area contributed by atoms with Crippen LogP contribution in [0.15, 0.2) is 24.3 Å². The highest BCUT2D eigenvalue weighted by atomic mass is 16.5. The van der Waals surface area contributed by atoms with Crippen molar-refractivity contribution in [2.45, 2.75) is 33.2 Å². The average molecular weight is 236 g/mol. The van der Waals surface area contributed by atoms with Gasteiger partial charge in [-0.2, -0.15) is 0 Å². The predicted octanol–water partition coefficient (Wildman–Crippen LogP) is 2.36. The molecule has 2 atom stereocenters. The van der Waals surface area contributed by atoms with Gasteiger partial charge in [0.1, 0.15) is 5.75 Å². The van der Waals surface area contributed by atoms with Crippen LogP contribution < -0.4 is 16.0 Å². The fraction of sp³-hybridized carbons (Fsp3) is 0.571. The Balaban J connectivity index is 2.73. The van der Waals surface area contributed by atoms with Gasteiger partial charge in [-0.1, -0.05) is 32.9 Å². The van der Waals surface area contributed by atoms with Crippen LogP contribution in [0.4, 0.5) is 0 Å². The van der Waals surface area contributed by atoms with Crippen molar-refractivity contribution in [2.24, 2.45) is 17.7 Å². The molecule has 1 aromatic rings. The number of rotatable bonds is 6. The third kappa shape index (κ3) is 4.02. The van der Waals surface area contributed by atoms with Crippen molar-refractivity contribution in [3.63, 3.8) is 0 Å². The first-order chi connectivity index (χ1) is 8.08. The average Bonchev–Trinajstić information content (AvgIpc) is 2.35. The Labute approximate surface area is 104 Å². The van der Waals surface area contributed by atoms with E-state index in [2.05, 4.69) is 38.3 Å². The van der Waals surface area contributed by atoms with E-state index in [1.807, 2.05) is 12.1 Å². The van der Waals surface area contributed by atoms with Crippen molar-refractivity contribution >= 4 is 0 Å². The molecule has 3 heteroatoms. The second-order valence-corrected chi connectivity index (χ2v) is 4.93. The molecule has 0 aliphatic heterocycles. The zero-order valence-electron chi connectivity index (χ0n) is 11.2. The molecule has 0 fully saturated rings. The van der Waals surface area contributed by atoms with Crippen molar-refractivity contribution < 1.29 is 4.74 Å². The standard InChI is InChI=1S/C14H24N2O/c1-10(2)11(3)14(16-15)9-12-6-5-7-13(8-12)17-4/h5-8,10-11,14,16H,9,15H2,1-4H3. The van der Waals surface area contributed by atoms with Crippen molar-refractivity contribution in [1.29, 1.82) is 0 Å². The second kappa shape index (κ2) is 6.62. The highest BCUT2D eigenvalue weighted by molar-refractivity contribution is 5.29. The highest BCUT2D eigenvalue weighted by Crippen LogP contribution is 2.20. The molecule has 2 unspecified atom stereocenters. The number of methoxy groups -OCH3 is 1. The molecule has 1 aromatic carbocycles. The minimum atomic E-state index is 0.294. The lowest BCUT2D eigenvalue weighted by Gasteiger charge is -2.26. The highest BCUT2D eigenvalue weighted by Gasteiger charge is 2.19. The molecule has 0 saturated heterocycles. The molecule has 0 aliphatic rings. The molecule has 0 aliphatic carbocycles. The fourth-order valence-corrected chi connectivity index (χ4v) is 1.91. The van der Waals surface area contributed by atoms with Gasteiger partial charge in [-0.15, -0.1) is 0 Å². The molecule has 3 nitrogen and oxygen atoms in total. The maximum Gasteiger partial charge on any atom is 0.119 e. The Hall–Kier alpha value is -1.06. The molecule has 0 heterocycles. The normalized spacial score (nSPS) is 14.7. The van der Waals surface area contributed by atoms with Crippen molar-refractivity contribution in [2.75, 3.05) is 7.11 Å². The molecule has 0 spiro atoms. The largest absolute Gasteiger partial charge is 0.497 e. The number of hydrazine groups is 1. The van der Waals surface area contributed by atoms with E-state index < -0.39 is 0 Å². The third-order valence-corrected chi connectivity index (χ3v) is 3.49. The van der Waals surface area contributed by atoms with Gasteiger partial charge in [-0.25, -0.2) is 0 Å². The van der Waals surface area contributed by atoms with Crippen LogP contribution in [0, 0.1) is 11.8 Å². The summed E-state index contributed by atoms with van der Waals surface area (Å²) in [7, 11) is 1.69. The first-order valence-corrected chi connectivity index (χ1v) is 6.17. The number of ether oxygens (including phenoxy) is 1. The van der Waals surface area contributed by atoms with E-state index in [1.54, 1.807) is 7.11 Å². The van der Waals surface area contributed by atoms with Crippen LogP contribution in [0.5, 0.6) is 5.75 Å². The summed E-state index contributed by atoms with van der Waals surface area (Å²) < 4.78 is 5.23. The Kier molecular flexibility index (Phi) is 5.45. The van der Waals surface area contributed by atoms with Gasteiger partial charge in [0.25, 0.3) is 0 Å². The topological polar surface area (TPSA) is 47.3 Å². The lowest BCUT2D eigenvalue weighted by Crippen LogP contribution is -2.43. The Bertz CT molecular complexity index is 339. The second-order valence-electron chi connectivity index (χ2n) is 4.93. The first-order valence-electron chi connectivity index (χ1n) is 6.17. The van der Waals surface area contributed by atoms with Crippen LogP contribution in [0.25, 0.3) is 0 Å². The zero-order chi connectivity index (χ0) is 12.8. The van der Waals surface area contributed by atoms with Gasteiger partial charge in [0, 0.05) is 6.04 Å². The maximum absolute atomic E-state index is 5.65. The molecule has 0 bridgehead atoms. The van der Waals surface area contributed by atoms with Crippen LogP contribution in [-0.4, -0.2) is 13.2 Å². The summed E-state index contributed by atoms with van der Waals surface area (Å²) in [6, 6.07) is 8.45. The van der Waals surface area contributed by atoms with Crippen molar-refractivity contribution in [1.82, 2.24) is 5.43 Å². The van der Waals surface area contributed by atoms with E-state index in [1.165, 1.54) is 5.56 Å². The minimum Gasteiger partial charge on any atom is -0.497 e. The summed E-state index contributed by atoms with van der Waals surface area (Å²) in [5.41, 5.74) is 4.18. The quantitative estimate of drug-likeness (QED) is 0.589. The SMILES string of the molecule is COc1cccc(CC(NN)C(C)C(C)C)c1. The van der Waals surface area contributed by atoms with Crippen LogP contribution in [0.1, 0.15) is 26.3 Å². The smallest absolute Gasteiger partial charge is 0.119 e. The van der Waals surface area contributed by atoms with Gasteiger partial charge in [-0.3, -0.25) is 11.3 Å². The molecular formula is C14H24N2O. The van der Waals surface area contributed by atoms with Gasteiger partial charge < -0.3 is 4.74 Å². The minimum absolute atomic E-state index is 0.294. The van der Waals surface area contributed by atoms with Crippen molar-refractivity contribution in [3.8, 4) is 5.75 Å². The van der Waals surface area contributed by atoms with E-state index >= 15 is 0 Å². The molecule has 96 valence electrons. The molecule has 0 aromatic heterocycles. The molecule has 17 heavy (non-hydrogen) atoms. The fourth-order valence-electron chi connectivity index (χ4n) is 1.91. The van der Waals surface area contributed by atoms with Crippen molar-refractivity contribution in [3.05, 3.63) is 29.8 Å². The third-order valence-electron chi connectivity index (χ3n) is 3.49. The zero-order valence-corrected chi connectivity index (χ0v) is 11.2. The van der Waals surface area contributed by atoms with E-state index in [-0.39, 0.29) is 0 Å². The molecule has 0 amide bonds. The summed E-state index contributed by atoms with van der Waals surface area (Å²) in [5.74, 6) is 7.69. The van der Waals surface area contributed by atoms with E-state index in [9.17, 15) is 0 Å². The number of nitrogens with two attached hydrogens (primary N) is 1. The monoisotopic (exact) mass is 236 g/mol. The summed E-state index contributed by atoms with van der Waals surface area (Å²) >= 11 is 0. The summed E-state index contributed by atoms with van der Waals surface area (Å²) in [6.07, 6.45) is 0.924. The van der Waals surface area contributed by atoms with E-state index in [0.717, 1.165) is 12.2 Å². The van der Waals surface area contributed by atoms with Gasteiger partial charge in [0.2, 0.25) is 0 Å². The van der Waals surface area contributed by atoms with Crippen LogP contribution >= 0.6 is 0 Å². The predicted molar refractivity (Wildman–Crippen MR) is 71.8 cm³/mol. The maximum atomic E-state index is 5.65. The van der Waals surface area contributed by atoms with Gasteiger partial charge >= 0.3 is 0 Å².